The number of ether oxygens (including phenoxy) is 1. The molecule has 1 atom stereocenters. The van der Waals surface area contributed by atoms with E-state index in [9.17, 15) is 4.79 Å². The van der Waals surface area contributed by atoms with Crippen molar-refractivity contribution in [3.05, 3.63) is 35.9 Å². The molecular formula is C18H27NO2. The summed E-state index contributed by atoms with van der Waals surface area (Å²) in [5.74, 6) is 0.266. The molecule has 0 aromatic heterocycles. The fourth-order valence-electron chi connectivity index (χ4n) is 3.23. The monoisotopic (exact) mass is 289 g/mol. The Morgan fingerprint density at radius 3 is 2.52 bits per heavy atom. The molecule has 0 spiro atoms. The normalized spacial score (nSPS) is 19.0. The third-order valence-electron chi connectivity index (χ3n) is 4.62. The average Bonchev–Trinajstić information content (AvgIpc) is 2.54. The van der Waals surface area contributed by atoms with Gasteiger partial charge in [-0.3, -0.25) is 10.1 Å². The van der Waals surface area contributed by atoms with Crippen molar-refractivity contribution < 1.29 is 9.53 Å². The first-order valence-corrected chi connectivity index (χ1v) is 8.13. The standard InChI is InChI=1S/C18H27NO2/c1-3-21-17(20)18(2,16-12-8-5-9-13-16)19-14-15-10-6-4-7-11-15/h4,6-7,10-11,16,19H,3,5,8-9,12-14H2,1-2H3. The molecule has 0 bridgehead atoms. The summed E-state index contributed by atoms with van der Waals surface area (Å²) < 4.78 is 5.35. The summed E-state index contributed by atoms with van der Waals surface area (Å²) in [6.07, 6.45) is 5.93. The zero-order valence-electron chi connectivity index (χ0n) is 13.2. The van der Waals surface area contributed by atoms with Crippen molar-refractivity contribution in [2.75, 3.05) is 6.61 Å². The van der Waals surface area contributed by atoms with Crippen molar-refractivity contribution in [3.8, 4) is 0 Å². The molecule has 0 saturated heterocycles. The first-order chi connectivity index (χ1) is 10.2. The summed E-state index contributed by atoms with van der Waals surface area (Å²) in [5, 5.41) is 3.49. The lowest BCUT2D eigenvalue weighted by Crippen LogP contribution is -2.56. The molecule has 0 heterocycles. The van der Waals surface area contributed by atoms with Crippen LogP contribution in [0, 0.1) is 5.92 Å². The molecule has 1 unspecified atom stereocenters. The molecule has 1 aliphatic rings. The number of benzene rings is 1. The first-order valence-electron chi connectivity index (χ1n) is 8.13. The number of carbonyl (C=O) groups excluding carboxylic acids is 1. The van der Waals surface area contributed by atoms with Crippen molar-refractivity contribution in [2.45, 2.75) is 58.0 Å². The number of hydrogen-bond acceptors (Lipinski definition) is 3. The van der Waals surface area contributed by atoms with Gasteiger partial charge < -0.3 is 4.74 Å². The van der Waals surface area contributed by atoms with Crippen molar-refractivity contribution >= 4 is 5.97 Å². The van der Waals surface area contributed by atoms with Crippen LogP contribution in [0.1, 0.15) is 51.5 Å². The second-order valence-corrected chi connectivity index (χ2v) is 6.10. The van der Waals surface area contributed by atoms with Crippen LogP contribution in [0.5, 0.6) is 0 Å². The van der Waals surface area contributed by atoms with E-state index in [1.807, 2.05) is 32.0 Å². The number of hydrogen-bond donors (Lipinski definition) is 1. The summed E-state index contributed by atoms with van der Waals surface area (Å²) in [4.78, 5) is 12.5. The third-order valence-corrected chi connectivity index (χ3v) is 4.62. The topological polar surface area (TPSA) is 38.3 Å². The molecule has 1 aliphatic carbocycles. The molecule has 2 rings (SSSR count). The van der Waals surface area contributed by atoms with E-state index in [1.165, 1.54) is 24.8 Å². The average molecular weight is 289 g/mol. The minimum Gasteiger partial charge on any atom is -0.465 e. The second-order valence-electron chi connectivity index (χ2n) is 6.10. The van der Waals surface area contributed by atoms with E-state index in [1.54, 1.807) is 0 Å². The summed E-state index contributed by atoms with van der Waals surface area (Å²) in [7, 11) is 0. The van der Waals surface area contributed by atoms with Gasteiger partial charge in [0, 0.05) is 6.54 Å². The van der Waals surface area contributed by atoms with Crippen molar-refractivity contribution in [1.82, 2.24) is 5.32 Å². The Kier molecular flexibility index (Phi) is 5.80. The number of esters is 1. The van der Waals surface area contributed by atoms with Crippen molar-refractivity contribution in [3.63, 3.8) is 0 Å². The first kappa shape index (κ1) is 16.0. The fraction of sp³-hybridized carbons (Fsp3) is 0.611. The number of carbonyl (C=O) groups is 1. The smallest absolute Gasteiger partial charge is 0.326 e. The summed E-state index contributed by atoms with van der Waals surface area (Å²) >= 11 is 0. The van der Waals surface area contributed by atoms with Crippen LogP contribution >= 0.6 is 0 Å². The molecule has 3 nitrogen and oxygen atoms in total. The van der Waals surface area contributed by atoms with Gasteiger partial charge in [-0.1, -0.05) is 49.6 Å². The van der Waals surface area contributed by atoms with Gasteiger partial charge in [0.2, 0.25) is 0 Å². The molecule has 1 fully saturated rings. The summed E-state index contributed by atoms with van der Waals surface area (Å²) in [5.41, 5.74) is 0.621. The molecule has 1 saturated carbocycles. The van der Waals surface area contributed by atoms with Gasteiger partial charge in [-0.2, -0.15) is 0 Å². The quantitative estimate of drug-likeness (QED) is 0.812. The van der Waals surface area contributed by atoms with Gasteiger partial charge >= 0.3 is 5.97 Å². The number of rotatable bonds is 6. The zero-order chi connectivity index (χ0) is 15.1. The summed E-state index contributed by atoms with van der Waals surface area (Å²) in [6.45, 7) is 5.03. The molecule has 0 amide bonds. The maximum Gasteiger partial charge on any atom is 0.326 e. The maximum absolute atomic E-state index is 12.5. The van der Waals surface area contributed by atoms with Gasteiger partial charge in [0.1, 0.15) is 5.54 Å². The SMILES string of the molecule is CCOC(=O)C(C)(NCc1ccccc1)C1CCCCC1. The van der Waals surface area contributed by atoms with Crippen LogP contribution < -0.4 is 5.32 Å². The van der Waals surface area contributed by atoms with Crippen molar-refractivity contribution in [1.29, 1.82) is 0 Å². The molecule has 1 aromatic rings. The van der Waals surface area contributed by atoms with Gasteiger partial charge in [0.15, 0.2) is 0 Å². The lowest BCUT2D eigenvalue weighted by Gasteiger charge is -2.38. The van der Waals surface area contributed by atoms with Gasteiger partial charge in [-0.05, 0) is 38.2 Å². The highest BCUT2D eigenvalue weighted by atomic mass is 16.5. The molecule has 116 valence electrons. The van der Waals surface area contributed by atoms with E-state index in [0.29, 0.717) is 19.1 Å². The minimum atomic E-state index is -0.577. The molecule has 0 radical (unpaired) electrons. The van der Waals surface area contributed by atoms with Crippen LogP contribution in [0.2, 0.25) is 0 Å². The number of nitrogens with one attached hydrogen (secondary N) is 1. The molecular weight excluding hydrogens is 262 g/mol. The van der Waals surface area contributed by atoms with Crippen LogP contribution in [0.15, 0.2) is 30.3 Å². The zero-order valence-corrected chi connectivity index (χ0v) is 13.2. The van der Waals surface area contributed by atoms with Gasteiger partial charge in [-0.15, -0.1) is 0 Å². The fourth-order valence-corrected chi connectivity index (χ4v) is 3.23. The van der Waals surface area contributed by atoms with E-state index in [-0.39, 0.29) is 5.97 Å². The largest absolute Gasteiger partial charge is 0.465 e. The van der Waals surface area contributed by atoms with E-state index < -0.39 is 5.54 Å². The molecule has 21 heavy (non-hydrogen) atoms. The highest BCUT2D eigenvalue weighted by Gasteiger charge is 2.42. The predicted octanol–water partition coefficient (Wildman–Crippen LogP) is 3.68. The predicted molar refractivity (Wildman–Crippen MR) is 84.9 cm³/mol. The Balaban J connectivity index is 2.08. The Morgan fingerprint density at radius 2 is 1.90 bits per heavy atom. The lowest BCUT2D eigenvalue weighted by molar-refractivity contribution is -0.153. The van der Waals surface area contributed by atoms with Crippen molar-refractivity contribution in [2.24, 2.45) is 5.92 Å². The van der Waals surface area contributed by atoms with Gasteiger partial charge in [0.25, 0.3) is 0 Å². The Bertz CT molecular complexity index is 440. The molecule has 1 N–H and O–H groups in total. The highest BCUT2D eigenvalue weighted by molar-refractivity contribution is 5.80. The molecule has 0 aliphatic heterocycles. The maximum atomic E-state index is 12.5. The minimum absolute atomic E-state index is 0.104. The van der Waals surface area contributed by atoms with Gasteiger partial charge in [-0.25, -0.2) is 0 Å². The lowest BCUT2D eigenvalue weighted by atomic mass is 9.75. The van der Waals surface area contributed by atoms with E-state index in [4.69, 9.17) is 4.74 Å². The van der Waals surface area contributed by atoms with E-state index in [2.05, 4.69) is 17.4 Å². The highest BCUT2D eigenvalue weighted by Crippen LogP contribution is 2.33. The van der Waals surface area contributed by atoms with Gasteiger partial charge in [0.05, 0.1) is 6.61 Å². The van der Waals surface area contributed by atoms with E-state index >= 15 is 0 Å². The van der Waals surface area contributed by atoms with E-state index in [0.717, 1.165) is 12.8 Å². The molecule has 1 aromatic carbocycles. The van der Waals surface area contributed by atoms with Crippen LogP contribution in [0.4, 0.5) is 0 Å². The van der Waals surface area contributed by atoms with Crippen LogP contribution in [-0.2, 0) is 16.1 Å². The Labute approximate surface area is 128 Å². The van der Waals surface area contributed by atoms with Crippen LogP contribution in [0.3, 0.4) is 0 Å². The Morgan fingerprint density at radius 1 is 1.24 bits per heavy atom. The molecule has 3 heteroatoms. The van der Waals surface area contributed by atoms with Crippen LogP contribution in [0.25, 0.3) is 0 Å². The third kappa shape index (κ3) is 4.07. The van der Waals surface area contributed by atoms with Crippen LogP contribution in [-0.4, -0.2) is 18.1 Å². The second kappa shape index (κ2) is 7.60. The Hall–Kier alpha value is -1.35. The summed E-state index contributed by atoms with van der Waals surface area (Å²) in [6, 6.07) is 10.2.